The Morgan fingerprint density at radius 2 is 0.613 bits per heavy atom. The zero-order chi connectivity index (χ0) is 22.1. The highest BCUT2D eigenvalue weighted by Gasteiger charge is 2.13. The average molecular weight is 435 g/mol. The fourth-order valence-corrected chi connectivity index (χ4v) is 5.69. The summed E-state index contributed by atoms with van der Waals surface area (Å²) in [5.41, 5.74) is 0. The quantitative estimate of drug-likeness (QED) is 0.125. The topological polar surface area (TPSA) is 0 Å². The summed E-state index contributed by atoms with van der Waals surface area (Å²) in [5, 5.41) is 0. The average Bonchev–Trinajstić information content (AvgIpc) is 3.30. The fraction of sp³-hybridized carbons (Fsp3) is 1.00. The Labute approximate surface area is 199 Å². The van der Waals surface area contributed by atoms with Gasteiger partial charge in [0.2, 0.25) is 0 Å². The molecule has 0 N–H and O–H groups in total. The second-order valence-corrected chi connectivity index (χ2v) is 11.1. The van der Waals surface area contributed by atoms with E-state index in [9.17, 15) is 0 Å². The van der Waals surface area contributed by atoms with Crippen LogP contribution in [0.25, 0.3) is 0 Å². The standard InChI is InChI=1S/C31H62/c1-2-3-4-5-6-7-8-9-10-11-12-13-14-15-16-17-18-19-20-21-22-23-24-25-28-31-29-26-27-30-31/h31H,2-30H2,1H3. The molecule has 0 aromatic rings. The molecule has 1 fully saturated rings. The predicted molar refractivity (Wildman–Crippen MR) is 143 cm³/mol. The molecule has 31 heavy (non-hydrogen) atoms. The third-order valence-corrected chi connectivity index (χ3v) is 7.94. The second kappa shape index (κ2) is 24.6. The van der Waals surface area contributed by atoms with Gasteiger partial charge in [0.05, 0.1) is 0 Å². The van der Waals surface area contributed by atoms with Crippen molar-refractivity contribution in [2.45, 2.75) is 193 Å². The van der Waals surface area contributed by atoms with Crippen LogP contribution in [0.4, 0.5) is 0 Å². The van der Waals surface area contributed by atoms with Crippen molar-refractivity contribution in [3.05, 3.63) is 0 Å². The molecule has 0 bridgehead atoms. The Morgan fingerprint density at radius 3 is 0.903 bits per heavy atom. The summed E-state index contributed by atoms with van der Waals surface area (Å²) in [7, 11) is 0. The van der Waals surface area contributed by atoms with Crippen LogP contribution in [0, 0.1) is 5.92 Å². The van der Waals surface area contributed by atoms with Crippen LogP contribution in [0.1, 0.15) is 193 Å². The number of rotatable bonds is 25. The molecule has 0 saturated heterocycles. The van der Waals surface area contributed by atoms with Crippen molar-refractivity contribution in [1.82, 2.24) is 0 Å². The van der Waals surface area contributed by atoms with Crippen LogP contribution in [0.2, 0.25) is 0 Å². The van der Waals surface area contributed by atoms with E-state index < -0.39 is 0 Å². The molecule has 0 amide bonds. The Balaban J connectivity index is 1.61. The van der Waals surface area contributed by atoms with Gasteiger partial charge >= 0.3 is 0 Å². The first-order valence-corrected chi connectivity index (χ1v) is 15.4. The second-order valence-electron chi connectivity index (χ2n) is 11.1. The zero-order valence-corrected chi connectivity index (χ0v) is 22.1. The molecule has 1 aliphatic rings. The van der Waals surface area contributed by atoms with E-state index >= 15 is 0 Å². The SMILES string of the molecule is CCCCCCCCCCCCCCCCCCCCCCCCCCC1CCCC1. The van der Waals surface area contributed by atoms with Crippen LogP contribution in [-0.4, -0.2) is 0 Å². The summed E-state index contributed by atoms with van der Waals surface area (Å²) >= 11 is 0. The molecule has 186 valence electrons. The van der Waals surface area contributed by atoms with Crippen LogP contribution < -0.4 is 0 Å². The summed E-state index contributed by atoms with van der Waals surface area (Å²) in [4.78, 5) is 0. The first-order chi connectivity index (χ1) is 15.4. The molecule has 0 radical (unpaired) electrons. The van der Waals surface area contributed by atoms with Crippen molar-refractivity contribution in [2.75, 3.05) is 0 Å². The summed E-state index contributed by atoms with van der Waals surface area (Å²) in [5.74, 6) is 1.11. The minimum Gasteiger partial charge on any atom is -0.0654 e. The molecular formula is C31H62. The first-order valence-electron chi connectivity index (χ1n) is 15.4. The maximum atomic E-state index is 2.31. The lowest BCUT2D eigenvalue weighted by molar-refractivity contribution is 0.459. The maximum Gasteiger partial charge on any atom is -0.0414 e. The molecule has 0 heterocycles. The molecular weight excluding hydrogens is 372 g/mol. The smallest absolute Gasteiger partial charge is 0.0414 e. The molecule has 0 spiro atoms. The number of unbranched alkanes of at least 4 members (excludes halogenated alkanes) is 23. The van der Waals surface area contributed by atoms with E-state index in [1.807, 2.05) is 0 Å². The van der Waals surface area contributed by atoms with Gasteiger partial charge < -0.3 is 0 Å². The lowest BCUT2D eigenvalue weighted by atomic mass is 9.98. The van der Waals surface area contributed by atoms with Crippen LogP contribution in [0.3, 0.4) is 0 Å². The van der Waals surface area contributed by atoms with Crippen LogP contribution >= 0.6 is 0 Å². The summed E-state index contributed by atoms with van der Waals surface area (Å²) in [6.45, 7) is 2.31. The summed E-state index contributed by atoms with van der Waals surface area (Å²) < 4.78 is 0. The van der Waals surface area contributed by atoms with E-state index in [1.165, 1.54) is 167 Å². The Morgan fingerprint density at radius 1 is 0.355 bits per heavy atom. The van der Waals surface area contributed by atoms with Crippen LogP contribution in [0.15, 0.2) is 0 Å². The molecule has 0 atom stereocenters. The zero-order valence-electron chi connectivity index (χ0n) is 22.1. The van der Waals surface area contributed by atoms with E-state index in [0.717, 1.165) is 5.92 Å². The number of hydrogen-bond donors (Lipinski definition) is 0. The number of hydrogen-bond acceptors (Lipinski definition) is 0. The van der Waals surface area contributed by atoms with E-state index in [-0.39, 0.29) is 0 Å². The van der Waals surface area contributed by atoms with Crippen LogP contribution in [0.5, 0.6) is 0 Å². The van der Waals surface area contributed by atoms with E-state index in [4.69, 9.17) is 0 Å². The minimum absolute atomic E-state index is 1.11. The predicted octanol–water partition coefficient (Wildman–Crippen LogP) is 11.9. The third-order valence-electron chi connectivity index (χ3n) is 7.94. The molecule has 0 aromatic carbocycles. The molecule has 1 saturated carbocycles. The summed E-state index contributed by atoms with van der Waals surface area (Å²) in [6.07, 6.45) is 43.4. The molecule has 0 aromatic heterocycles. The van der Waals surface area contributed by atoms with Crippen molar-refractivity contribution < 1.29 is 0 Å². The normalized spacial score (nSPS) is 14.6. The van der Waals surface area contributed by atoms with Crippen molar-refractivity contribution >= 4 is 0 Å². The third kappa shape index (κ3) is 21.6. The lowest BCUT2D eigenvalue weighted by Gasteiger charge is -2.08. The van der Waals surface area contributed by atoms with Gasteiger partial charge in [0, 0.05) is 0 Å². The van der Waals surface area contributed by atoms with Gasteiger partial charge in [-0.2, -0.15) is 0 Å². The van der Waals surface area contributed by atoms with Gasteiger partial charge in [-0.05, 0) is 5.92 Å². The first kappa shape index (κ1) is 29.0. The highest BCUT2D eigenvalue weighted by atomic mass is 14.2. The molecule has 0 aliphatic heterocycles. The largest absolute Gasteiger partial charge is 0.0654 e. The molecule has 1 aliphatic carbocycles. The fourth-order valence-electron chi connectivity index (χ4n) is 5.69. The van der Waals surface area contributed by atoms with Gasteiger partial charge in [-0.3, -0.25) is 0 Å². The van der Waals surface area contributed by atoms with Crippen molar-refractivity contribution in [3.63, 3.8) is 0 Å². The Bertz CT molecular complexity index is 314. The maximum absolute atomic E-state index is 2.31. The minimum atomic E-state index is 1.11. The molecule has 0 unspecified atom stereocenters. The van der Waals surface area contributed by atoms with Crippen molar-refractivity contribution in [2.24, 2.45) is 5.92 Å². The monoisotopic (exact) mass is 434 g/mol. The highest BCUT2D eigenvalue weighted by Crippen LogP contribution is 2.29. The Kier molecular flexibility index (Phi) is 23.1. The molecule has 0 nitrogen and oxygen atoms in total. The van der Waals surface area contributed by atoms with Crippen molar-refractivity contribution in [3.8, 4) is 0 Å². The lowest BCUT2D eigenvalue weighted by Crippen LogP contribution is -1.92. The van der Waals surface area contributed by atoms with Crippen LogP contribution in [-0.2, 0) is 0 Å². The van der Waals surface area contributed by atoms with Gasteiger partial charge in [0.1, 0.15) is 0 Å². The highest BCUT2D eigenvalue weighted by molar-refractivity contribution is 4.67. The van der Waals surface area contributed by atoms with Gasteiger partial charge in [-0.25, -0.2) is 0 Å². The van der Waals surface area contributed by atoms with Gasteiger partial charge in [0.25, 0.3) is 0 Å². The van der Waals surface area contributed by atoms with Crippen molar-refractivity contribution in [1.29, 1.82) is 0 Å². The van der Waals surface area contributed by atoms with E-state index in [0.29, 0.717) is 0 Å². The molecule has 0 heteroatoms. The van der Waals surface area contributed by atoms with Gasteiger partial charge in [-0.1, -0.05) is 193 Å². The Hall–Kier alpha value is 0. The van der Waals surface area contributed by atoms with E-state index in [2.05, 4.69) is 6.92 Å². The van der Waals surface area contributed by atoms with Gasteiger partial charge in [-0.15, -0.1) is 0 Å². The van der Waals surface area contributed by atoms with E-state index in [1.54, 1.807) is 19.3 Å². The molecule has 1 rings (SSSR count). The summed E-state index contributed by atoms with van der Waals surface area (Å²) in [6, 6.07) is 0. The van der Waals surface area contributed by atoms with Gasteiger partial charge in [0.15, 0.2) is 0 Å².